The molecule has 0 aromatic heterocycles. The zero-order valence-corrected chi connectivity index (χ0v) is 27.8. The number of esters is 2. The van der Waals surface area contributed by atoms with Gasteiger partial charge in [0.05, 0.1) is 7.11 Å². The van der Waals surface area contributed by atoms with Crippen molar-refractivity contribution < 1.29 is 38.6 Å². The van der Waals surface area contributed by atoms with E-state index in [9.17, 15) is 24.3 Å². The minimum Gasteiger partial charge on any atom is -0.462 e. The molecule has 246 valence electrons. The van der Waals surface area contributed by atoms with E-state index >= 15 is 0 Å². The molecule has 0 saturated heterocycles. The standard InChI is InChI=1S/C35H53NO8/c1-19(17-37)24(16-36-42-8)30(41)31(44-23(5)39)21(3)29-27(43-22(4)38)15-33(7)28-10-9-25-20(2)26(40)11-12-34(25)18-35(28,34)14-13-32(29,33)6/h11-12,19-21,24-25,27-29,31,36-37H,9-10,13-18H2,1-8H3/t19-,20-,21-,24?,25-,27-,28-,29-,31+,32+,33-,34+,35-/m0/s1. The van der Waals surface area contributed by atoms with Crippen LogP contribution in [-0.4, -0.2) is 61.1 Å². The number of nitrogens with one attached hydrogen (secondary N) is 1. The van der Waals surface area contributed by atoms with Gasteiger partial charge in [0.1, 0.15) is 6.10 Å². The van der Waals surface area contributed by atoms with E-state index in [-0.39, 0.29) is 64.2 Å². The van der Waals surface area contributed by atoms with Crippen LogP contribution >= 0.6 is 0 Å². The van der Waals surface area contributed by atoms with E-state index in [1.807, 2.05) is 13.0 Å². The molecule has 4 saturated carbocycles. The van der Waals surface area contributed by atoms with Crippen LogP contribution in [0.25, 0.3) is 0 Å². The topological polar surface area (TPSA) is 128 Å². The van der Waals surface area contributed by atoms with Gasteiger partial charge in [-0.3, -0.25) is 19.2 Å². The summed E-state index contributed by atoms with van der Waals surface area (Å²) in [6.45, 7) is 13.2. The molecule has 4 fully saturated rings. The highest BCUT2D eigenvalue weighted by molar-refractivity contribution is 5.93. The molecule has 1 unspecified atom stereocenters. The van der Waals surface area contributed by atoms with E-state index in [1.54, 1.807) is 6.92 Å². The maximum atomic E-state index is 14.2. The van der Waals surface area contributed by atoms with Crippen LogP contribution in [0.15, 0.2) is 12.2 Å². The van der Waals surface area contributed by atoms with Crippen LogP contribution in [0.4, 0.5) is 0 Å². The quantitative estimate of drug-likeness (QED) is 0.256. The number of aliphatic hydroxyl groups excluding tert-OH is 1. The lowest BCUT2D eigenvalue weighted by Gasteiger charge is -2.61. The highest BCUT2D eigenvalue weighted by Crippen LogP contribution is 2.87. The van der Waals surface area contributed by atoms with Gasteiger partial charge in [-0.25, -0.2) is 5.48 Å². The molecule has 0 bridgehead atoms. The van der Waals surface area contributed by atoms with Gasteiger partial charge >= 0.3 is 11.9 Å². The Labute approximate surface area is 262 Å². The van der Waals surface area contributed by atoms with Crippen molar-refractivity contribution in [3.8, 4) is 0 Å². The number of hydrogen-bond donors (Lipinski definition) is 2. The predicted molar refractivity (Wildman–Crippen MR) is 163 cm³/mol. The smallest absolute Gasteiger partial charge is 0.303 e. The van der Waals surface area contributed by atoms with Crippen molar-refractivity contribution in [3.05, 3.63) is 12.2 Å². The molecule has 2 N–H and O–H groups in total. The van der Waals surface area contributed by atoms with Crippen molar-refractivity contribution in [3.63, 3.8) is 0 Å². The van der Waals surface area contributed by atoms with Gasteiger partial charge in [0, 0.05) is 50.7 Å². The van der Waals surface area contributed by atoms with Crippen LogP contribution in [0.1, 0.15) is 87.0 Å². The highest BCUT2D eigenvalue weighted by atomic mass is 16.6. The first-order valence-corrected chi connectivity index (χ1v) is 16.6. The van der Waals surface area contributed by atoms with Crippen LogP contribution in [0.3, 0.4) is 0 Å². The number of aliphatic hydroxyl groups is 1. The number of carbonyl (C=O) groups is 4. The fraction of sp³-hybridized carbons (Fsp3) is 0.829. The van der Waals surface area contributed by atoms with Gasteiger partial charge in [0.15, 0.2) is 17.7 Å². The molecule has 0 amide bonds. The Morgan fingerprint density at radius 2 is 1.80 bits per heavy atom. The lowest BCUT2D eigenvalue weighted by molar-refractivity contribution is -0.169. The van der Waals surface area contributed by atoms with Gasteiger partial charge in [-0.2, -0.15) is 0 Å². The summed E-state index contributed by atoms with van der Waals surface area (Å²) in [5.41, 5.74) is 2.47. The van der Waals surface area contributed by atoms with Crippen LogP contribution in [0.2, 0.25) is 0 Å². The molecule has 5 aliphatic carbocycles. The number of rotatable bonds is 11. The molecule has 0 aliphatic heterocycles. The molecule has 5 aliphatic rings. The Balaban J connectivity index is 1.53. The van der Waals surface area contributed by atoms with Gasteiger partial charge in [0.25, 0.3) is 0 Å². The Morgan fingerprint density at radius 3 is 2.41 bits per heavy atom. The van der Waals surface area contributed by atoms with Crippen molar-refractivity contribution in [2.75, 3.05) is 20.3 Å². The largest absolute Gasteiger partial charge is 0.462 e. The van der Waals surface area contributed by atoms with E-state index in [0.29, 0.717) is 18.3 Å². The molecule has 2 spiro atoms. The SMILES string of the molecule is CONCC(C(=O)[C@H](OC(C)=O)[C@@H](C)[C@H]1[C@@H](OC(C)=O)C[C@@]2(C)[C@@H]3CC[C@H]4[C@H](C)C(=O)C=C[C@@]45C[C@@]35CC[C@]12C)[C@@H](C)CO. The number of ether oxygens (including phenoxy) is 2. The Hall–Kier alpha value is -2.10. The molecule has 0 aromatic carbocycles. The van der Waals surface area contributed by atoms with Crippen LogP contribution < -0.4 is 5.48 Å². The van der Waals surface area contributed by atoms with Crippen LogP contribution in [0, 0.1) is 63.1 Å². The first-order chi connectivity index (χ1) is 20.6. The first-order valence-electron chi connectivity index (χ1n) is 16.6. The summed E-state index contributed by atoms with van der Waals surface area (Å²) in [5, 5.41) is 9.98. The number of allylic oxidation sites excluding steroid dienone is 2. The second-order valence-electron chi connectivity index (χ2n) is 15.5. The van der Waals surface area contributed by atoms with Gasteiger partial charge < -0.3 is 19.4 Å². The summed E-state index contributed by atoms with van der Waals surface area (Å²) in [7, 11) is 1.47. The molecule has 0 radical (unpaired) electrons. The van der Waals surface area contributed by atoms with E-state index in [2.05, 4.69) is 32.3 Å². The summed E-state index contributed by atoms with van der Waals surface area (Å²) < 4.78 is 12.0. The van der Waals surface area contributed by atoms with E-state index in [4.69, 9.17) is 14.3 Å². The Bertz CT molecular complexity index is 1220. The zero-order chi connectivity index (χ0) is 32.4. The predicted octanol–water partition coefficient (Wildman–Crippen LogP) is 4.45. The van der Waals surface area contributed by atoms with Crippen molar-refractivity contribution in [1.82, 2.24) is 5.48 Å². The Morgan fingerprint density at radius 1 is 1.09 bits per heavy atom. The molecule has 0 aromatic rings. The summed E-state index contributed by atoms with van der Waals surface area (Å²) in [6, 6.07) is 0. The van der Waals surface area contributed by atoms with Gasteiger partial charge in [0.2, 0.25) is 0 Å². The van der Waals surface area contributed by atoms with E-state index in [0.717, 1.165) is 32.1 Å². The zero-order valence-electron chi connectivity index (χ0n) is 27.8. The third-order valence-electron chi connectivity index (χ3n) is 13.8. The average molecular weight is 616 g/mol. The number of hydroxylamine groups is 1. The van der Waals surface area contributed by atoms with Crippen LogP contribution in [0.5, 0.6) is 0 Å². The maximum Gasteiger partial charge on any atom is 0.303 e. The summed E-state index contributed by atoms with van der Waals surface area (Å²) in [6.07, 6.45) is 8.35. The minimum atomic E-state index is -1.07. The first kappa shape index (κ1) is 33.3. The number of carbonyl (C=O) groups excluding carboxylic acids is 4. The fourth-order valence-corrected chi connectivity index (χ4v) is 11.5. The summed E-state index contributed by atoms with van der Waals surface area (Å²) in [4.78, 5) is 57.0. The molecular weight excluding hydrogens is 562 g/mol. The maximum absolute atomic E-state index is 14.2. The highest BCUT2D eigenvalue weighted by Gasteiger charge is 2.81. The monoisotopic (exact) mass is 615 g/mol. The van der Waals surface area contributed by atoms with Crippen molar-refractivity contribution in [1.29, 1.82) is 0 Å². The number of hydrogen-bond acceptors (Lipinski definition) is 9. The third kappa shape index (κ3) is 4.74. The number of ketones is 2. The van der Waals surface area contributed by atoms with E-state index < -0.39 is 35.9 Å². The number of Topliss-reactive ketones (excluding diaryl/α,β-unsaturated/α-hetero) is 1. The third-order valence-corrected chi connectivity index (χ3v) is 13.8. The summed E-state index contributed by atoms with van der Waals surface area (Å²) >= 11 is 0. The molecule has 9 nitrogen and oxygen atoms in total. The van der Waals surface area contributed by atoms with Crippen molar-refractivity contribution >= 4 is 23.5 Å². The van der Waals surface area contributed by atoms with Gasteiger partial charge in [-0.05, 0) is 84.0 Å². The lowest BCUT2D eigenvalue weighted by atomic mass is 9.43. The molecular formula is C35H53NO8. The molecule has 9 heteroatoms. The summed E-state index contributed by atoms with van der Waals surface area (Å²) in [5.74, 6) is -1.82. The van der Waals surface area contributed by atoms with Gasteiger partial charge in [-0.15, -0.1) is 0 Å². The molecule has 5 rings (SSSR count). The van der Waals surface area contributed by atoms with Crippen LogP contribution in [-0.2, 0) is 33.5 Å². The van der Waals surface area contributed by atoms with Gasteiger partial charge in [-0.1, -0.05) is 40.7 Å². The molecule has 13 atom stereocenters. The molecule has 44 heavy (non-hydrogen) atoms. The fourth-order valence-electron chi connectivity index (χ4n) is 11.5. The average Bonchev–Trinajstić information content (AvgIpc) is 3.57. The minimum absolute atomic E-state index is 0.0453. The van der Waals surface area contributed by atoms with E-state index in [1.165, 1.54) is 21.0 Å². The lowest BCUT2D eigenvalue weighted by Crippen LogP contribution is -2.56. The normalized spacial score (nSPS) is 42.9. The second kappa shape index (κ2) is 11.6. The molecule has 0 heterocycles. The van der Waals surface area contributed by atoms with Crippen molar-refractivity contribution in [2.24, 2.45) is 63.1 Å². The second-order valence-corrected chi connectivity index (χ2v) is 15.5. The van der Waals surface area contributed by atoms with Crippen molar-refractivity contribution in [2.45, 2.75) is 99.2 Å². The number of fused-ring (bicyclic) bond motifs is 2. The Kier molecular flexibility index (Phi) is 8.78.